The lowest BCUT2D eigenvalue weighted by atomic mass is 9.74. The number of aromatic amines is 1. The zero-order chi connectivity index (χ0) is 27.6. The van der Waals surface area contributed by atoms with E-state index < -0.39 is 17.7 Å². The molecule has 7 nitrogen and oxygen atoms in total. The van der Waals surface area contributed by atoms with Gasteiger partial charge >= 0.3 is 0 Å². The highest BCUT2D eigenvalue weighted by Gasteiger charge is 2.42. The molecule has 1 aliphatic heterocycles. The van der Waals surface area contributed by atoms with Crippen molar-refractivity contribution in [3.05, 3.63) is 71.4 Å². The molecule has 0 unspecified atom stereocenters. The minimum Gasteiger partial charge on any atom is -0.392 e. The van der Waals surface area contributed by atoms with Crippen LogP contribution in [0.4, 0.5) is 0 Å². The number of hydrogen-bond donors (Lipinski definition) is 4. The van der Waals surface area contributed by atoms with Gasteiger partial charge in [-0.2, -0.15) is 0 Å². The van der Waals surface area contributed by atoms with E-state index in [1.54, 1.807) is 6.92 Å². The first kappa shape index (κ1) is 27.4. The van der Waals surface area contributed by atoms with E-state index in [1.165, 1.54) is 11.1 Å². The third-order valence-corrected chi connectivity index (χ3v) is 8.70. The topological polar surface area (TPSA) is 97.5 Å². The van der Waals surface area contributed by atoms with Gasteiger partial charge in [0.25, 0.3) is 0 Å². The molecule has 39 heavy (non-hydrogen) atoms. The second-order valence-electron chi connectivity index (χ2n) is 12.2. The van der Waals surface area contributed by atoms with Crippen molar-refractivity contribution in [1.29, 1.82) is 0 Å². The van der Waals surface area contributed by atoms with Crippen molar-refractivity contribution in [1.82, 2.24) is 20.5 Å². The molecule has 7 heteroatoms. The molecule has 0 bridgehead atoms. The SMILES string of the molecule is C[C@H](O)CNC(C)(C)CC(=O)N[C@H](Cc1c[nH]c2ccccc12)C(=O)N1CCC2(CCc3ccccc32)CC1. The standard InChI is InChI=1S/C32H42N4O3/c1-22(37)20-34-31(2,3)19-29(38)35-28(18-24-21-33-27-11-7-5-9-25(24)27)30(39)36-16-14-32(15-17-36)13-12-23-8-4-6-10-26(23)32/h4-11,21-22,28,33-34,37H,12-20H2,1-3H3,(H,35,38)/t22-,28+/m0/s1. The Morgan fingerprint density at radius 1 is 1.08 bits per heavy atom. The van der Waals surface area contributed by atoms with Crippen LogP contribution >= 0.6 is 0 Å². The fourth-order valence-corrected chi connectivity index (χ4v) is 6.51. The van der Waals surface area contributed by atoms with E-state index in [1.807, 2.05) is 43.1 Å². The number of nitrogens with zero attached hydrogens (tertiary/aromatic N) is 1. The maximum absolute atomic E-state index is 14.0. The quantitative estimate of drug-likeness (QED) is 0.338. The molecule has 1 aliphatic carbocycles. The number of amides is 2. The Bertz CT molecular complexity index is 1320. The van der Waals surface area contributed by atoms with Crippen molar-refractivity contribution in [2.45, 2.75) is 82.4 Å². The number of aromatic nitrogens is 1. The highest BCUT2D eigenvalue weighted by atomic mass is 16.3. The van der Waals surface area contributed by atoms with E-state index in [9.17, 15) is 14.7 Å². The summed E-state index contributed by atoms with van der Waals surface area (Å²) in [7, 11) is 0. The summed E-state index contributed by atoms with van der Waals surface area (Å²) < 4.78 is 0. The zero-order valence-corrected chi connectivity index (χ0v) is 23.4. The summed E-state index contributed by atoms with van der Waals surface area (Å²) >= 11 is 0. The lowest BCUT2D eigenvalue weighted by Crippen LogP contribution is -2.54. The molecule has 0 radical (unpaired) electrons. The monoisotopic (exact) mass is 530 g/mol. The predicted molar refractivity (Wildman–Crippen MR) is 155 cm³/mol. The van der Waals surface area contributed by atoms with Gasteiger partial charge < -0.3 is 25.6 Å². The van der Waals surface area contributed by atoms with E-state index in [4.69, 9.17) is 0 Å². The van der Waals surface area contributed by atoms with Crippen LogP contribution in [0.1, 0.15) is 63.1 Å². The van der Waals surface area contributed by atoms with Crippen LogP contribution in [-0.2, 0) is 27.8 Å². The lowest BCUT2D eigenvalue weighted by Gasteiger charge is -2.41. The van der Waals surface area contributed by atoms with Gasteiger partial charge in [-0.15, -0.1) is 0 Å². The van der Waals surface area contributed by atoms with Gasteiger partial charge in [-0.1, -0.05) is 42.5 Å². The van der Waals surface area contributed by atoms with Crippen molar-refractivity contribution < 1.29 is 14.7 Å². The van der Waals surface area contributed by atoms with Crippen LogP contribution in [0.3, 0.4) is 0 Å². The molecule has 2 heterocycles. The first-order valence-electron chi connectivity index (χ1n) is 14.3. The molecule has 2 atom stereocenters. The third-order valence-electron chi connectivity index (χ3n) is 8.70. The van der Waals surface area contributed by atoms with Crippen molar-refractivity contribution >= 4 is 22.7 Å². The molecule has 3 aromatic rings. The average Bonchev–Trinajstić information content (AvgIpc) is 3.49. The summed E-state index contributed by atoms with van der Waals surface area (Å²) in [6, 6.07) is 16.2. The Hall–Kier alpha value is -3.16. The molecule has 208 valence electrons. The summed E-state index contributed by atoms with van der Waals surface area (Å²) in [6.45, 7) is 7.40. The van der Waals surface area contributed by atoms with Crippen LogP contribution < -0.4 is 10.6 Å². The van der Waals surface area contributed by atoms with Gasteiger partial charge in [0.1, 0.15) is 6.04 Å². The molecular formula is C32H42N4O3. The number of H-pyrrole nitrogens is 1. The van der Waals surface area contributed by atoms with Gasteiger partial charge in [0, 0.05) is 55.1 Å². The van der Waals surface area contributed by atoms with Crippen LogP contribution in [0, 0.1) is 0 Å². The maximum atomic E-state index is 14.0. The smallest absolute Gasteiger partial charge is 0.245 e. The lowest BCUT2D eigenvalue weighted by molar-refractivity contribution is -0.138. The highest BCUT2D eigenvalue weighted by Crippen LogP contribution is 2.46. The molecule has 1 fully saturated rings. The van der Waals surface area contributed by atoms with Crippen molar-refractivity contribution in [3.8, 4) is 0 Å². The van der Waals surface area contributed by atoms with Crippen molar-refractivity contribution in [2.75, 3.05) is 19.6 Å². The summed E-state index contributed by atoms with van der Waals surface area (Å²) in [5.41, 5.74) is 4.62. The second-order valence-corrected chi connectivity index (χ2v) is 12.2. The molecule has 2 aliphatic rings. The van der Waals surface area contributed by atoms with Gasteiger partial charge in [0.05, 0.1) is 6.10 Å². The van der Waals surface area contributed by atoms with Crippen LogP contribution in [-0.4, -0.2) is 64.1 Å². The Labute approximate surface area is 231 Å². The molecule has 1 aromatic heterocycles. The number of aliphatic hydroxyl groups is 1. The number of rotatable bonds is 9. The summed E-state index contributed by atoms with van der Waals surface area (Å²) in [5.74, 6) is -0.181. The largest absolute Gasteiger partial charge is 0.392 e. The highest BCUT2D eigenvalue weighted by molar-refractivity contribution is 5.90. The number of likely N-dealkylation sites (tertiary alicyclic amines) is 1. The van der Waals surface area contributed by atoms with Crippen molar-refractivity contribution in [2.24, 2.45) is 0 Å². The molecule has 1 saturated heterocycles. The third kappa shape index (κ3) is 6.04. The first-order valence-corrected chi connectivity index (χ1v) is 14.3. The number of hydrogen-bond acceptors (Lipinski definition) is 4. The molecule has 0 saturated carbocycles. The van der Waals surface area contributed by atoms with Crippen LogP contribution in [0.15, 0.2) is 54.7 Å². The Morgan fingerprint density at radius 3 is 2.56 bits per heavy atom. The maximum Gasteiger partial charge on any atom is 0.245 e. The normalized spacial score (nSPS) is 18.2. The number of aliphatic hydroxyl groups excluding tert-OH is 1. The van der Waals surface area contributed by atoms with Crippen LogP contribution in [0.25, 0.3) is 10.9 Å². The van der Waals surface area contributed by atoms with E-state index >= 15 is 0 Å². The van der Waals surface area contributed by atoms with E-state index in [0.717, 1.165) is 42.1 Å². The number of aryl methyl sites for hydroxylation is 1. The second kappa shape index (κ2) is 11.1. The number of fused-ring (bicyclic) bond motifs is 3. The number of para-hydroxylation sites is 1. The van der Waals surface area contributed by atoms with Gasteiger partial charge in [-0.3, -0.25) is 9.59 Å². The molecule has 5 rings (SSSR count). The molecule has 2 aromatic carbocycles. The number of benzene rings is 2. The molecular weight excluding hydrogens is 488 g/mol. The van der Waals surface area contributed by atoms with Gasteiger partial charge in [-0.05, 0) is 74.6 Å². The van der Waals surface area contributed by atoms with Crippen LogP contribution in [0.5, 0.6) is 0 Å². The number of β-amino-alcohol motifs (C(OH)–C–C–N with tert-alkyl or cyclic N) is 1. The Balaban J connectivity index is 1.31. The minimum absolute atomic E-state index is 0.00971. The average molecular weight is 531 g/mol. The van der Waals surface area contributed by atoms with Crippen molar-refractivity contribution in [3.63, 3.8) is 0 Å². The minimum atomic E-state index is -0.644. The van der Waals surface area contributed by atoms with Crippen LogP contribution in [0.2, 0.25) is 0 Å². The predicted octanol–water partition coefficient (Wildman–Crippen LogP) is 3.84. The molecule has 1 spiro atoms. The Kier molecular flexibility index (Phi) is 7.83. The first-order chi connectivity index (χ1) is 18.7. The van der Waals surface area contributed by atoms with Gasteiger partial charge in [0.15, 0.2) is 0 Å². The summed E-state index contributed by atoms with van der Waals surface area (Å²) in [5, 5.41) is 17.1. The molecule has 2 amide bonds. The number of nitrogens with one attached hydrogen (secondary N) is 3. The number of carbonyl (C=O) groups excluding carboxylic acids is 2. The van der Waals surface area contributed by atoms with E-state index in [0.29, 0.717) is 26.1 Å². The van der Waals surface area contributed by atoms with E-state index in [2.05, 4.69) is 45.9 Å². The summed E-state index contributed by atoms with van der Waals surface area (Å²) in [4.78, 5) is 32.5. The van der Waals surface area contributed by atoms with Gasteiger partial charge in [-0.25, -0.2) is 0 Å². The Morgan fingerprint density at radius 2 is 1.79 bits per heavy atom. The molecule has 4 N–H and O–H groups in total. The zero-order valence-electron chi connectivity index (χ0n) is 23.4. The summed E-state index contributed by atoms with van der Waals surface area (Å²) in [6.07, 6.45) is 6.27. The van der Waals surface area contributed by atoms with Gasteiger partial charge in [0.2, 0.25) is 11.8 Å². The number of piperidine rings is 1. The van der Waals surface area contributed by atoms with E-state index in [-0.39, 0.29) is 23.7 Å². The number of carbonyl (C=O) groups is 2. The fourth-order valence-electron chi connectivity index (χ4n) is 6.51. The fraction of sp³-hybridized carbons (Fsp3) is 0.500.